The number of benzene rings is 2. The Bertz CT molecular complexity index is 1000. The van der Waals surface area contributed by atoms with Gasteiger partial charge in [-0.1, -0.05) is 19.1 Å². The van der Waals surface area contributed by atoms with Gasteiger partial charge < -0.3 is 4.74 Å². The van der Waals surface area contributed by atoms with E-state index >= 15 is 0 Å². The zero-order valence-corrected chi connectivity index (χ0v) is 17.3. The second-order valence-electron chi connectivity index (χ2n) is 7.80. The molecule has 32 heavy (non-hydrogen) atoms. The molecule has 2 aromatic carbocycles. The molecule has 0 unspecified atom stereocenters. The zero-order chi connectivity index (χ0) is 23.5. The van der Waals surface area contributed by atoms with Gasteiger partial charge in [-0.3, -0.25) is 0 Å². The fourth-order valence-electron chi connectivity index (χ4n) is 3.99. The summed E-state index contributed by atoms with van der Waals surface area (Å²) < 4.78 is 89.8. The van der Waals surface area contributed by atoms with Crippen LogP contribution < -0.4 is 4.74 Å². The number of alkyl halides is 2. The number of ether oxygens (including phenoxy) is 1. The fourth-order valence-corrected chi connectivity index (χ4v) is 3.99. The molecule has 0 spiro atoms. The van der Waals surface area contributed by atoms with Gasteiger partial charge >= 0.3 is 6.11 Å². The van der Waals surface area contributed by atoms with Gasteiger partial charge in [0.2, 0.25) is 0 Å². The first-order chi connectivity index (χ1) is 15.2. The molecule has 0 bridgehead atoms. The maximum atomic E-state index is 14.6. The summed E-state index contributed by atoms with van der Waals surface area (Å²) in [7, 11) is 0. The minimum atomic E-state index is -4.54. The van der Waals surface area contributed by atoms with Gasteiger partial charge in [0, 0.05) is 12.1 Å². The lowest BCUT2D eigenvalue weighted by Crippen LogP contribution is -2.26. The van der Waals surface area contributed by atoms with Crippen LogP contribution >= 0.6 is 0 Å². The number of halogens is 6. The third-order valence-electron chi connectivity index (χ3n) is 5.62. The Kier molecular flexibility index (Phi) is 7.17. The van der Waals surface area contributed by atoms with Crippen molar-refractivity contribution in [2.45, 2.75) is 51.1 Å². The van der Waals surface area contributed by atoms with Crippen molar-refractivity contribution in [2.24, 2.45) is 5.92 Å². The Labute approximate surface area is 182 Å². The van der Waals surface area contributed by atoms with Gasteiger partial charge in [0.1, 0.15) is 46.2 Å². The molecule has 0 amide bonds. The van der Waals surface area contributed by atoms with E-state index in [2.05, 4.69) is 16.9 Å². The Morgan fingerprint density at radius 2 is 1.53 bits per heavy atom. The number of rotatable bonds is 6. The van der Waals surface area contributed by atoms with Gasteiger partial charge in [-0.05, 0) is 61.6 Å². The Hall–Kier alpha value is -2.95. The summed E-state index contributed by atoms with van der Waals surface area (Å²) in [6.07, 6.45) is 3.61. The molecule has 2 aromatic rings. The molecule has 8 heteroatoms. The van der Waals surface area contributed by atoms with Gasteiger partial charge in [0.25, 0.3) is 0 Å². The highest BCUT2D eigenvalue weighted by Crippen LogP contribution is 2.40. The van der Waals surface area contributed by atoms with Crippen LogP contribution in [0.5, 0.6) is 5.75 Å². The lowest BCUT2D eigenvalue weighted by Gasteiger charge is -2.28. The van der Waals surface area contributed by atoms with Crippen molar-refractivity contribution in [2.75, 3.05) is 0 Å². The Balaban J connectivity index is 1.81. The number of nitriles is 1. The lowest BCUT2D eigenvalue weighted by molar-refractivity contribution is -0.189. The molecule has 170 valence electrons. The van der Waals surface area contributed by atoms with E-state index in [1.54, 1.807) is 0 Å². The number of hydrogen-bond donors (Lipinski definition) is 0. The lowest BCUT2D eigenvalue weighted by atomic mass is 9.78. The van der Waals surface area contributed by atoms with Crippen molar-refractivity contribution in [3.8, 4) is 11.8 Å². The Morgan fingerprint density at radius 3 is 2.03 bits per heavy atom. The highest BCUT2D eigenvalue weighted by molar-refractivity contribution is 5.39. The molecule has 1 saturated carbocycles. The summed E-state index contributed by atoms with van der Waals surface area (Å²) in [4.78, 5) is 0. The largest absolute Gasteiger partial charge is 0.432 e. The van der Waals surface area contributed by atoms with E-state index in [-0.39, 0.29) is 11.5 Å². The molecular weight excluding hydrogens is 432 g/mol. The summed E-state index contributed by atoms with van der Waals surface area (Å²) in [6, 6.07) is 3.67. The summed E-state index contributed by atoms with van der Waals surface area (Å²) in [5, 5.41) is 8.64. The van der Waals surface area contributed by atoms with Crippen LogP contribution in [0.3, 0.4) is 0 Å². The molecule has 1 aliphatic carbocycles. The molecule has 1 fully saturated rings. The predicted octanol–water partition coefficient (Wildman–Crippen LogP) is 7.48. The normalized spacial score (nSPS) is 19.2. The molecule has 0 atom stereocenters. The fraction of sp³-hybridized carbons (Fsp3) is 0.375. The molecule has 0 heterocycles. The van der Waals surface area contributed by atoms with Gasteiger partial charge in [-0.25, -0.2) is 17.6 Å². The van der Waals surface area contributed by atoms with Gasteiger partial charge in [-0.15, -0.1) is 0 Å². The van der Waals surface area contributed by atoms with E-state index < -0.39 is 46.3 Å². The van der Waals surface area contributed by atoms with Crippen LogP contribution in [0.15, 0.2) is 36.4 Å². The SMILES string of the molecule is CCC=CC1CCC(c2cc(F)c(C(F)(F)Oc3cc(F)c(C#N)c(F)c3)c(F)c2)CC1. The average molecular weight is 453 g/mol. The van der Waals surface area contributed by atoms with Crippen LogP contribution in [0.1, 0.15) is 61.6 Å². The number of allylic oxidation sites excluding steroid dienone is 2. The van der Waals surface area contributed by atoms with Gasteiger partial charge in [0.15, 0.2) is 0 Å². The highest BCUT2D eigenvalue weighted by Gasteiger charge is 2.42. The molecule has 3 rings (SSSR count). The van der Waals surface area contributed by atoms with Crippen molar-refractivity contribution in [3.05, 3.63) is 76.4 Å². The average Bonchev–Trinajstić information content (AvgIpc) is 2.71. The van der Waals surface area contributed by atoms with Crippen LogP contribution in [0.4, 0.5) is 26.3 Å². The van der Waals surface area contributed by atoms with Gasteiger partial charge in [-0.2, -0.15) is 14.0 Å². The Morgan fingerprint density at radius 1 is 0.969 bits per heavy atom. The highest BCUT2D eigenvalue weighted by atomic mass is 19.3. The maximum absolute atomic E-state index is 14.6. The van der Waals surface area contributed by atoms with Crippen molar-refractivity contribution in [1.29, 1.82) is 5.26 Å². The minimum Gasteiger partial charge on any atom is -0.429 e. The third-order valence-corrected chi connectivity index (χ3v) is 5.62. The van der Waals surface area contributed by atoms with E-state index in [0.29, 0.717) is 30.9 Å². The predicted molar refractivity (Wildman–Crippen MR) is 106 cm³/mol. The topological polar surface area (TPSA) is 33.0 Å². The van der Waals surface area contributed by atoms with Crippen molar-refractivity contribution < 1.29 is 31.1 Å². The molecule has 1 aliphatic rings. The molecule has 0 aliphatic heterocycles. The number of hydrogen-bond acceptors (Lipinski definition) is 2. The molecule has 0 radical (unpaired) electrons. The summed E-state index contributed by atoms with van der Waals surface area (Å²) in [5.74, 6) is -6.65. The molecule has 0 aromatic heterocycles. The molecule has 2 nitrogen and oxygen atoms in total. The summed E-state index contributed by atoms with van der Waals surface area (Å²) in [5.41, 5.74) is -2.35. The smallest absolute Gasteiger partial charge is 0.429 e. The van der Waals surface area contributed by atoms with Crippen LogP contribution in [0.2, 0.25) is 0 Å². The van der Waals surface area contributed by atoms with Crippen LogP contribution in [-0.4, -0.2) is 0 Å². The van der Waals surface area contributed by atoms with Crippen molar-refractivity contribution >= 4 is 0 Å². The molecular formula is C24H21F6NO. The van der Waals surface area contributed by atoms with Crippen LogP contribution in [0.25, 0.3) is 0 Å². The van der Waals surface area contributed by atoms with E-state index in [9.17, 15) is 26.3 Å². The van der Waals surface area contributed by atoms with Crippen molar-refractivity contribution in [1.82, 2.24) is 0 Å². The standard InChI is InChI=1S/C24H21F6NO/c1-2-3-4-14-5-7-15(8-6-14)16-9-21(27)23(22(28)10-16)24(29,30)32-17-11-19(25)18(13-31)20(26)12-17/h3-4,9-12,14-15H,2,5-8H2,1H3. The van der Waals surface area contributed by atoms with E-state index in [4.69, 9.17) is 5.26 Å². The second kappa shape index (κ2) is 9.68. The summed E-state index contributed by atoms with van der Waals surface area (Å²) in [6.45, 7) is 2.03. The monoisotopic (exact) mass is 453 g/mol. The van der Waals surface area contributed by atoms with Crippen LogP contribution in [-0.2, 0) is 6.11 Å². The molecule has 0 saturated heterocycles. The quantitative estimate of drug-likeness (QED) is 0.336. The second-order valence-corrected chi connectivity index (χ2v) is 7.80. The van der Waals surface area contributed by atoms with E-state index in [1.807, 2.05) is 6.92 Å². The van der Waals surface area contributed by atoms with Gasteiger partial charge in [0.05, 0.1) is 0 Å². The van der Waals surface area contributed by atoms with E-state index in [1.165, 1.54) is 6.07 Å². The first-order valence-corrected chi connectivity index (χ1v) is 10.3. The first kappa shape index (κ1) is 23.7. The van der Waals surface area contributed by atoms with Crippen molar-refractivity contribution in [3.63, 3.8) is 0 Å². The zero-order valence-electron chi connectivity index (χ0n) is 17.3. The first-order valence-electron chi connectivity index (χ1n) is 10.3. The van der Waals surface area contributed by atoms with Crippen LogP contribution in [0, 0.1) is 40.5 Å². The summed E-state index contributed by atoms with van der Waals surface area (Å²) >= 11 is 0. The third kappa shape index (κ3) is 5.09. The maximum Gasteiger partial charge on any atom is 0.432 e. The van der Waals surface area contributed by atoms with E-state index in [0.717, 1.165) is 31.4 Å². The minimum absolute atomic E-state index is 0.157. The molecule has 0 N–H and O–H groups in total. The number of nitrogens with zero attached hydrogens (tertiary/aromatic N) is 1.